The second-order valence-electron chi connectivity index (χ2n) is 11.1. The van der Waals surface area contributed by atoms with Gasteiger partial charge in [0.05, 0.1) is 22.3 Å². The van der Waals surface area contributed by atoms with Crippen molar-refractivity contribution in [2.24, 2.45) is 0 Å². The zero-order valence-corrected chi connectivity index (χ0v) is 24.9. The quantitative estimate of drug-likeness (QED) is 0.209. The molecule has 9 heteroatoms. The number of halogens is 1. The average molecular weight is 594 g/mol. The molecule has 1 aromatic heterocycles. The molecule has 5 aromatic rings. The van der Waals surface area contributed by atoms with Crippen LogP contribution in [0.1, 0.15) is 15.9 Å². The van der Waals surface area contributed by atoms with Gasteiger partial charge in [0.1, 0.15) is 17.9 Å². The lowest BCUT2D eigenvalue weighted by Gasteiger charge is -2.36. The van der Waals surface area contributed by atoms with Crippen LogP contribution in [0.25, 0.3) is 22.2 Å². The summed E-state index contributed by atoms with van der Waals surface area (Å²) in [7, 11) is 4.03. The molecular weight excluding hydrogens is 562 g/mol. The molecule has 0 bridgehead atoms. The Morgan fingerprint density at radius 3 is 2.40 bits per heavy atom. The number of anilines is 4. The summed E-state index contributed by atoms with van der Waals surface area (Å²) in [5.74, 6) is 1.44. The van der Waals surface area contributed by atoms with Crippen molar-refractivity contribution in [3.63, 3.8) is 0 Å². The highest BCUT2D eigenvalue weighted by atomic mass is 35.5. The van der Waals surface area contributed by atoms with Crippen LogP contribution in [0.15, 0.2) is 83.4 Å². The van der Waals surface area contributed by atoms with Crippen molar-refractivity contribution in [1.29, 1.82) is 0 Å². The van der Waals surface area contributed by atoms with Gasteiger partial charge in [0, 0.05) is 74.3 Å². The molecule has 1 aliphatic carbocycles. The molecule has 2 heterocycles. The number of ketones is 1. The van der Waals surface area contributed by atoms with Crippen LogP contribution in [-0.2, 0) is 0 Å². The van der Waals surface area contributed by atoms with Crippen LogP contribution in [0.5, 0.6) is 5.75 Å². The van der Waals surface area contributed by atoms with Gasteiger partial charge in [0.25, 0.3) is 0 Å². The molecule has 0 unspecified atom stereocenters. The van der Waals surface area contributed by atoms with Gasteiger partial charge in [0.2, 0.25) is 0 Å². The first-order chi connectivity index (χ1) is 21.0. The lowest BCUT2D eigenvalue weighted by molar-refractivity contribution is 0.104. The van der Waals surface area contributed by atoms with E-state index in [0.717, 1.165) is 77.7 Å². The minimum Gasteiger partial charge on any atom is -0.492 e. The molecule has 1 fully saturated rings. The Hall–Kier alpha value is -4.53. The van der Waals surface area contributed by atoms with Gasteiger partial charge in [-0.2, -0.15) is 0 Å². The summed E-state index contributed by atoms with van der Waals surface area (Å²) in [4.78, 5) is 20.7. The largest absolute Gasteiger partial charge is 0.492 e. The highest BCUT2D eigenvalue weighted by Crippen LogP contribution is 2.46. The van der Waals surface area contributed by atoms with Crippen molar-refractivity contribution >= 4 is 51.0 Å². The zero-order chi connectivity index (χ0) is 29.5. The predicted molar refractivity (Wildman–Crippen MR) is 173 cm³/mol. The second-order valence-corrected chi connectivity index (χ2v) is 11.6. The van der Waals surface area contributed by atoms with Crippen LogP contribution in [-0.4, -0.2) is 69.3 Å². The van der Waals surface area contributed by atoms with Crippen molar-refractivity contribution in [1.82, 2.24) is 10.1 Å². The molecule has 0 radical (unpaired) electrons. The molecule has 1 N–H and O–H groups in total. The maximum absolute atomic E-state index is 13.9. The van der Waals surface area contributed by atoms with Crippen molar-refractivity contribution < 1.29 is 14.1 Å². The monoisotopic (exact) mass is 593 g/mol. The number of nitrogens with one attached hydrogen (secondary N) is 1. The van der Waals surface area contributed by atoms with Crippen molar-refractivity contribution in [3.05, 3.63) is 95.0 Å². The third-order valence-electron chi connectivity index (χ3n) is 8.24. The molecule has 7 rings (SSSR count). The van der Waals surface area contributed by atoms with E-state index in [1.54, 1.807) is 0 Å². The lowest BCUT2D eigenvalue weighted by Crippen LogP contribution is -2.47. The van der Waals surface area contributed by atoms with E-state index >= 15 is 0 Å². The van der Waals surface area contributed by atoms with E-state index in [0.29, 0.717) is 28.5 Å². The van der Waals surface area contributed by atoms with E-state index < -0.39 is 0 Å². The summed E-state index contributed by atoms with van der Waals surface area (Å²) in [5, 5.41) is 9.57. The van der Waals surface area contributed by atoms with E-state index in [1.165, 1.54) is 0 Å². The number of hydrogen-bond acceptors (Lipinski definition) is 8. The van der Waals surface area contributed by atoms with Gasteiger partial charge in [-0.25, -0.2) is 0 Å². The number of rotatable bonds is 8. The maximum Gasteiger partial charge on any atom is 0.196 e. The molecular formula is C34H32ClN5O3. The van der Waals surface area contributed by atoms with E-state index in [1.807, 2.05) is 74.8 Å². The number of ether oxygens (including phenoxy) is 1. The molecule has 218 valence electrons. The molecule has 1 saturated heterocycles. The molecule has 4 aromatic carbocycles. The van der Waals surface area contributed by atoms with E-state index in [-0.39, 0.29) is 5.78 Å². The van der Waals surface area contributed by atoms with Crippen LogP contribution in [0.4, 0.5) is 22.7 Å². The third-order valence-corrected chi connectivity index (χ3v) is 8.50. The first-order valence-corrected chi connectivity index (χ1v) is 14.8. The van der Waals surface area contributed by atoms with Crippen molar-refractivity contribution in [2.45, 2.75) is 0 Å². The van der Waals surface area contributed by atoms with Gasteiger partial charge in [-0.1, -0.05) is 41.0 Å². The van der Waals surface area contributed by atoms with E-state index in [2.05, 4.69) is 43.4 Å². The number of piperazine rings is 1. The third kappa shape index (κ3) is 5.17. The summed E-state index contributed by atoms with van der Waals surface area (Å²) < 4.78 is 11.9. The van der Waals surface area contributed by atoms with Crippen LogP contribution < -0.4 is 19.9 Å². The fraction of sp³-hybridized carbons (Fsp3) is 0.235. The van der Waals surface area contributed by atoms with Crippen LogP contribution in [0, 0.1) is 0 Å². The predicted octanol–water partition coefficient (Wildman–Crippen LogP) is 6.70. The molecule has 0 saturated carbocycles. The topological polar surface area (TPSA) is 74.1 Å². The Bertz CT molecular complexity index is 1790. The summed E-state index contributed by atoms with van der Waals surface area (Å²) >= 11 is 5.98. The molecule has 0 amide bonds. The highest BCUT2D eigenvalue weighted by Gasteiger charge is 2.34. The molecule has 43 heavy (non-hydrogen) atoms. The van der Waals surface area contributed by atoms with Gasteiger partial charge in [-0.3, -0.25) is 9.69 Å². The summed E-state index contributed by atoms with van der Waals surface area (Å²) in [5.41, 5.74) is 6.46. The smallest absolute Gasteiger partial charge is 0.196 e. The number of nitrogens with zero attached hydrogens (tertiary/aromatic N) is 4. The molecule has 0 atom stereocenters. The first kappa shape index (κ1) is 27.3. The highest BCUT2D eigenvalue weighted by molar-refractivity contribution is 6.30. The molecule has 8 nitrogen and oxygen atoms in total. The summed E-state index contributed by atoms with van der Waals surface area (Å²) in [6, 6.07) is 25.3. The molecule has 2 aliphatic rings. The van der Waals surface area contributed by atoms with E-state index in [9.17, 15) is 4.79 Å². The number of carbonyl (C=O) groups excluding carboxylic acids is 1. The minimum atomic E-state index is -0.0271. The Morgan fingerprint density at radius 1 is 0.953 bits per heavy atom. The Balaban J connectivity index is 1.17. The van der Waals surface area contributed by atoms with Gasteiger partial charge >= 0.3 is 0 Å². The van der Waals surface area contributed by atoms with Gasteiger partial charge < -0.3 is 24.4 Å². The Kier molecular flexibility index (Phi) is 7.16. The van der Waals surface area contributed by atoms with E-state index in [4.69, 9.17) is 20.9 Å². The van der Waals surface area contributed by atoms with Gasteiger partial charge in [0.15, 0.2) is 11.5 Å². The Labute approximate surface area is 255 Å². The number of aromatic nitrogens is 1. The minimum absolute atomic E-state index is 0.0271. The summed E-state index contributed by atoms with van der Waals surface area (Å²) in [6.45, 7) is 4.84. The fourth-order valence-corrected chi connectivity index (χ4v) is 6.04. The lowest BCUT2D eigenvalue weighted by atomic mass is 9.86. The Morgan fingerprint density at radius 2 is 1.67 bits per heavy atom. The maximum atomic E-state index is 13.9. The standard InChI is InChI=1S/C34H32ClN5O3/c1-38(2)24-11-9-23(10-12-24)36-28-21-29(32-31-30(28)33(41)26-5-3-4-6-27(26)34(31)43-37-32)40-17-15-39(16-18-40)19-20-42-25-13-7-22(35)8-14-25/h3-14,21,36H,15-20H2,1-2H3. The first-order valence-electron chi connectivity index (χ1n) is 14.5. The van der Waals surface area contributed by atoms with Gasteiger partial charge in [-0.15, -0.1) is 0 Å². The second kappa shape index (κ2) is 11.3. The number of benzene rings is 4. The molecule has 1 aliphatic heterocycles. The fourth-order valence-electron chi connectivity index (χ4n) is 5.92. The SMILES string of the molecule is CN(C)c1ccc(Nc2cc(N3CCN(CCOc4ccc(Cl)cc4)CC3)c3noc4c3c2C(=O)c2ccccc2-4)cc1. The normalized spacial score (nSPS) is 14.6. The number of fused-ring (bicyclic) bond motifs is 2. The number of hydrogen-bond donors (Lipinski definition) is 1. The van der Waals surface area contributed by atoms with Crippen LogP contribution in [0.3, 0.4) is 0 Å². The molecule has 0 spiro atoms. The van der Waals surface area contributed by atoms with Crippen molar-refractivity contribution in [3.8, 4) is 17.1 Å². The van der Waals surface area contributed by atoms with Crippen LogP contribution in [0.2, 0.25) is 5.02 Å². The van der Waals surface area contributed by atoms with Crippen LogP contribution >= 0.6 is 11.6 Å². The summed E-state index contributed by atoms with van der Waals surface area (Å²) in [6.07, 6.45) is 0. The van der Waals surface area contributed by atoms with Crippen molar-refractivity contribution in [2.75, 3.05) is 68.5 Å². The average Bonchev–Trinajstić information content (AvgIpc) is 3.47. The van der Waals surface area contributed by atoms with Gasteiger partial charge in [-0.05, 0) is 54.6 Å². The zero-order valence-electron chi connectivity index (χ0n) is 24.1. The number of carbonyl (C=O) groups is 1.